The minimum Gasteiger partial charge on any atom is -0.493 e. The number of hydrogen-bond donors (Lipinski definition) is 1. The van der Waals surface area contributed by atoms with Crippen LogP contribution in [0.2, 0.25) is 0 Å². The summed E-state index contributed by atoms with van der Waals surface area (Å²) in [4.78, 5) is 14.8. The van der Waals surface area contributed by atoms with Crippen LogP contribution < -0.4 is 15.0 Å². The lowest BCUT2D eigenvalue weighted by atomic mass is 10.0. The van der Waals surface area contributed by atoms with E-state index in [2.05, 4.69) is 35.3 Å². The minimum atomic E-state index is 0.0376. The molecule has 2 atom stereocenters. The number of nitrogens with one attached hydrogen (secondary N) is 1. The molecule has 2 aliphatic heterocycles. The summed E-state index contributed by atoms with van der Waals surface area (Å²) in [6.45, 7) is 3.22. The average molecular weight is 322 g/mol. The maximum atomic E-state index is 12.6. The van der Waals surface area contributed by atoms with Gasteiger partial charge in [-0.15, -0.1) is 0 Å². The highest BCUT2D eigenvalue weighted by atomic mass is 16.5. The van der Waals surface area contributed by atoms with Crippen LogP contribution in [0.5, 0.6) is 5.75 Å². The number of fused-ring (bicyclic) bond motifs is 2. The molecule has 1 N–H and O–H groups in total. The molecule has 2 aromatic carbocycles. The van der Waals surface area contributed by atoms with Crippen molar-refractivity contribution < 1.29 is 9.53 Å². The number of para-hydroxylation sites is 2. The maximum absolute atomic E-state index is 12.6. The third-order valence-electron chi connectivity index (χ3n) is 4.96. The molecule has 1 amide bonds. The Kier molecular flexibility index (Phi) is 3.89. The lowest BCUT2D eigenvalue weighted by Crippen LogP contribution is -2.42. The minimum absolute atomic E-state index is 0.0376. The fourth-order valence-electron chi connectivity index (χ4n) is 3.76. The summed E-state index contributed by atoms with van der Waals surface area (Å²) in [7, 11) is 0. The highest BCUT2D eigenvalue weighted by Gasteiger charge is 2.28. The van der Waals surface area contributed by atoms with Crippen LogP contribution in [0.4, 0.5) is 5.69 Å². The summed E-state index contributed by atoms with van der Waals surface area (Å²) < 4.78 is 5.67. The molecule has 4 heteroatoms. The van der Waals surface area contributed by atoms with E-state index in [1.54, 1.807) is 0 Å². The summed E-state index contributed by atoms with van der Waals surface area (Å²) in [6.07, 6.45) is 1.82. The van der Waals surface area contributed by atoms with Crippen molar-refractivity contribution in [1.82, 2.24) is 5.32 Å². The van der Waals surface area contributed by atoms with Crippen molar-refractivity contribution in [3.8, 4) is 5.75 Å². The standard InChI is InChI=1S/C20H22N2O2/c1-14-12-15-6-2-4-8-18(15)22(14)13-20(23)21-17-10-11-24-19-9-5-3-7-16(17)19/h2-9,14,17H,10-13H2,1H3,(H,21,23)/t14-,17-/m1/s1. The van der Waals surface area contributed by atoms with Gasteiger partial charge in [0.1, 0.15) is 5.75 Å². The third-order valence-corrected chi connectivity index (χ3v) is 4.96. The number of ether oxygens (including phenoxy) is 1. The molecule has 4 rings (SSSR count). The topological polar surface area (TPSA) is 41.6 Å². The van der Waals surface area contributed by atoms with E-state index in [4.69, 9.17) is 4.74 Å². The molecule has 4 nitrogen and oxygen atoms in total. The Morgan fingerprint density at radius 3 is 2.92 bits per heavy atom. The monoisotopic (exact) mass is 322 g/mol. The average Bonchev–Trinajstić information content (AvgIpc) is 2.91. The summed E-state index contributed by atoms with van der Waals surface area (Å²) in [5.74, 6) is 0.953. The van der Waals surface area contributed by atoms with Crippen molar-refractivity contribution in [3.63, 3.8) is 0 Å². The number of carbonyl (C=O) groups excluding carboxylic acids is 1. The van der Waals surface area contributed by atoms with Crippen LogP contribution in [0.25, 0.3) is 0 Å². The van der Waals surface area contributed by atoms with Gasteiger partial charge in [-0.2, -0.15) is 0 Å². The zero-order valence-corrected chi connectivity index (χ0v) is 13.9. The zero-order chi connectivity index (χ0) is 16.5. The first kappa shape index (κ1) is 15.1. The number of amides is 1. The van der Waals surface area contributed by atoms with Crippen molar-refractivity contribution in [2.24, 2.45) is 0 Å². The zero-order valence-electron chi connectivity index (χ0n) is 13.9. The summed E-state index contributed by atoms with van der Waals surface area (Å²) in [6, 6.07) is 16.7. The smallest absolute Gasteiger partial charge is 0.240 e. The second kappa shape index (κ2) is 6.19. The summed E-state index contributed by atoms with van der Waals surface area (Å²) >= 11 is 0. The van der Waals surface area contributed by atoms with Crippen LogP contribution in [0.1, 0.15) is 30.5 Å². The van der Waals surface area contributed by atoms with E-state index in [9.17, 15) is 4.79 Å². The second-order valence-electron chi connectivity index (χ2n) is 6.60. The van der Waals surface area contributed by atoms with E-state index in [0.717, 1.165) is 24.2 Å². The molecule has 0 fully saturated rings. The Labute approximate surface area is 142 Å². The molecule has 124 valence electrons. The number of benzene rings is 2. The largest absolute Gasteiger partial charge is 0.493 e. The lowest BCUT2D eigenvalue weighted by molar-refractivity contribution is -0.120. The van der Waals surface area contributed by atoms with Gasteiger partial charge < -0.3 is 15.0 Å². The highest BCUT2D eigenvalue weighted by molar-refractivity contribution is 5.83. The number of rotatable bonds is 3. The molecule has 0 aliphatic carbocycles. The predicted molar refractivity (Wildman–Crippen MR) is 94.4 cm³/mol. The molecule has 0 saturated heterocycles. The van der Waals surface area contributed by atoms with E-state index < -0.39 is 0 Å². The van der Waals surface area contributed by atoms with Crippen molar-refractivity contribution in [1.29, 1.82) is 0 Å². The van der Waals surface area contributed by atoms with E-state index in [0.29, 0.717) is 19.2 Å². The molecular formula is C20H22N2O2. The number of nitrogens with zero attached hydrogens (tertiary/aromatic N) is 1. The van der Waals surface area contributed by atoms with E-state index in [1.165, 1.54) is 11.3 Å². The van der Waals surface area contributed by atoms with Gasteiger partial charge in [0.25, 0.3) is 0 Å². The van der Waals surface area contributed by atoms with Crippen LogP contribution in [0, 0.1) is 0 Å². The highest BCUT2D eigenvalue weighted by Crippen LogP contribution is 2.33. The van der Waals surface area contributed by atoms with Crippen LogP contribution >= 0.6 is 0 Å². The number of hydrogen-bond acceptors (Lipinski definition) is 3. The first-order valence-electron chi connectivity index (χ1n) is 8.58. The predicted octanol–water partition coefficient (Wildman–Crippen LogP) is 3.08. The number of carbonyl (C=O) groups is 1. The van der Waals surface area contributed by atoms with Gasteiger partial charge in [-0.05, 0) is 31.0 Å². The van der Waals surface area contributed by atoms with Crippen LogP contribution in [0.3, 0.4) is 0 Å². The molecule has 2 aliphatic rings. The van der Waals surface area contributed by atoms with Gasteiger partial charge in [-0.25, -0.2) is 0 Å². The van der Waals surface area contributed by atoms with E-state index >= 15 is 0 Å². The Morgan fingerprint density at radius 1 is 1.21 bits per heavy atom. The maximum Gasteiger partial charge on any atom is 0.240 e. The van der Waals surface area contributed by atoms with Crippen LogP contribution in [-0.2, 0) is 11.2 Å². The van der Waals surface area contributed by atoms with Crippen LogP contribution in [0.15, 0.2) is 48.5 Å². The molecule has 24 heavy (non-hydrogen) atoms. The fourth-order valence-corrected chi connectivity index (χ4v) is 3.76. The summed E-state index contributed by atoms with van der Waals surface area (Å²) in [5.41, 5.74) is 3.59. The molecule has 2 aromatic rings. The van der Waals surface area contributed by atoms with Gasteiger partial charge >= 0.3 is 0 Å². The molecule has 0 spiro atoms. The van der Waals surface area contributed by atoms with Gasteiger partial charge in [0.15, 0.2) is 0 Å². The second-order valence-corrected chi connectivity index (χ2v) is 6.60. The first-order valence-corrected chi connectivity index (χ1v) is 8.58. The Hall–Kier alpha value is -2.49. The lowest BCUT2D eigenvalue weighted by Gasteiger charge is -2.29. The van der Waals surface area contributed by atoms with E-state index in [-0.39, 0.29) is 11.9 Å². The molecule has 2 heterocycles. The SMILES string of the molecule is C[C@@H]1Cc2ccccc2N1CC(=O)N[C@@H]1CCOc2ccccc21. The van der Waals surface area contributed by atoms with Gasteiger partial charge in [0.05, 0.1) is 19.2 Å². The van der Waals surface area contributed by atoms with Crippen LogP contribution in [-0.4, -0.2) is 25.1 Å². The van der Waals surface area contributed by atoms with Crippen molar-refractivity contribution in [2.75, 3.05) is 18.1 Å². The first-order chi connectivity index (χ1) is 11.7. The normalized spacial score (nSPS) is 21.6. The van der Waals surface area contributed by atoms with Gasteiger partial charge in [0, 0.05) is 23.7 Å². The van der Waals surface area contributed by atoms with Crippen molar-refractivity contribution in [3.05, 3.63) is 59.7 Å². The van der Waals surface area contributed by atoms with Gasteiger partial charge in [0.2, 0.25) is 5.91 Å². The Bertz CT molecular complexity index is 759. The molecule has 0 bridgehead atoms. The van der Waals surface area contributed by atoms with E-state index in [1.807, 2.05) is 30.3 Å². The molecule has 0 saturated carbocycles. The number of anilines is 1. The quantitative estimate of drug-likeness (QED) is 0.944. The van der Waals surface area contributed by atoms with Crippen molar-refractivity contribution in [2.45, 2.75) is 31.8 Å². The molecule has 0 aromatic heterocycles. The van der Waals surface area contributed by atoms with Gasteiger partial charge in [-0.1, -0.05) is 36.4 Å². The Morgan fingerprint density at radius 2 is 2.00 bits per heavy atom. The molecular weight excluding hydrogens is 300 g/mol. The fraction of sp³-hybridized carbons (Fsp3) is 0.350. The third kappa shape index (κ3) is 2.73. The van der Waals surface area contributed by atoms with Gasteiger partial charge in [-0.3, -0.25) is 4.79 Å². The molecule has 0 unspecified atom stereocenters. The summed E-state index contributed by atoms with van der Waals surface area (Å²) in [5, 5.41) is 3.19. The van der Waals surface area contributed by atoms with Crippen molar-refractivity contribution >= 4 is 11.6 Å². The Balaban J connectivity index is 1.47. The molecule has 0 radical (unpaired) electrons.